The maximum Gasteiger partial charge on any atom is 0.155 e. The lowest BCUT2D eigenvalue weighted by molar-refractivity contribution is -0.0486. The van der Waals surface area contributed by atoms with Crippen LogP contribution in [0.5, 0.6) is 5.75 Å². The molecule has 0 bridgehead atoms. The van der Waals surface area contributed by atoms with E-state index < -0.39 is 0 Å². The predicted octanol–water partition coefficient (Wildman–Crippen LogP) is 4.23. The minimum absolute atomic E-state index is 0.0261. The van der Waals surface area contributed by atoms with Crippen molar-refractivity contribution >= 4 is 6.29 Å². The third-order valence-electron chi connectivity index (χ3n) is 4.62. The van der Waals surface area contributed by atoms with Crippen LogP contribution in [0.25, 0.3) is 11.1 Å². The zero-order valence-electron chi connectivity index (χ0n) is 15.2. The molecule has 3 rings (SSSR count). The summed E-state index contributed by atoms with van der Waals surface area (Å²) < 4.78 is 16.9. The second-order valence-corrected chi connectivity index (χ2v) is 6.54. The van der Waals surface area contributed by atoms with E-state index in [9.17, 15) is 4.79 Å². The second kappa shape index (κ2) is 7.38. The summed E-state index contributed by atoms with van der Waals surface area (Å²) in [4.78, 5) is 11.2. The molecule has 25 heavy (non-hydrogen) atoms. The molecule has 2 atom stereocenters. The van der Waals surface area contributed by atoms with Crippen LogP contribution in [-0.2, 0) is 9.47 Å². The van der Waals surface area contributed by atoms with Gasteiger partial charge < -0.3 is 14.2 Å². The minimum Gasteiger partial charge on any atom is -0.491 e. The van der Waals surface area contributed by atoms with Crippen molar-refractivity contribution in [2.75, 3.05) is 13.2 Å². The van der Waals surface area contributed by atoms with Crippen molar-refractivity contribution in [3.8, 4) is 16.9 Å². The molecule has 0 radical (unpaired) electrons. The van der Waals surface area contributed by atoms with E-state index in [2.05, 4.69) is 19.9 Å². The Kier molecular flexibility index (Phi) is 5.21. The van der Waals surface area contributed by atoms with E-state index >= 15 is 0 Å². The van der Waals surface area contributed by atoms with Crippen LogP contribution in [0.2, 0.25) is 0 Å². The summed E-state index contributed by atoms with van der Waals surface area (Å²) in [5, 5.41) is 0. The molecular weight excluding hydrogens is 316 g/mol. The van der Waals surface area contributed by atoms with Crippen LogP contribution in [0.4, 0.5) is 0 Å². The number of hydrogen-bond donors (Lipinski definition) is 0. The van der Waals surface area contributed by atoms with Gasteiger partial charge in [-0.1, -0.05) is 18.2 Å². The molecule has 132 valence electrons. The zero-order chi connectivity index (χ0) is 18.0. The van der Waals surface area contributed by atoms with Crippen molar-refractivity contribution in [3.05, 3.63) is 52.6 Å². The molecular formula is C21H24O4. The number of ether oxygens (including phenoxy) is 3. The fraction of sp³-hybridized carbons (Fsp3) is 0.381. The lowest BCUT2D eigenvalue weighted by Gasteiger charge is -2.17. The molecule has 0 N–H and O–H groups in total. The Balaban J connectivity index is 1.84. The quantitative estimate of drug-likeness (QED) is 0.764. The average Bonchev–Trinajstić information content (AvgIpc) is 2.99. The molecule has 0 saturated carbocycles. The topological polar surface area (TPSA) is 44.8 Å². The third kappa shape index (κ3) is 3.75. The average molecular weight is 340 g/mol. The third-order valence-corrected chi connectivity index (χ3v) is 4.62. The predicted molar refractivity (Wildman–Crippen MR) is 97.3 cm³/mol. The normalized spacial score (nSPS) is 19.8. The van der Waals surface area contributed by atoms with Crippen LogP contribution in [0, 0.1) is 20.8 Å². The first-order chi connectivity index (χ1) is 12.0. The van der Waals surface area contributed by atoms with Crippen LogP contribution >= 0.6 is 0 Å². The van der Waals surface area contributed by atoms with Gasteiger partial charge in [-0.25, -0.2) is 0 Å². The molecule has 1 fully saturated rings. The number of rotatable bonds is 5. The molecule has 1 aliphatic rings. The van der Waals surface area contributed by atoms with Crippen LogP contribution in [-0.4, -0.2) is 31.9 Å². The molecule has 0 aromatic heterocycles. The number of hydrogen-bond acceptors (Lipinski definition) is 4. The van der Waals surface area contributed by atoms with E-state index in [0.717, 1.165) is 45.4 Å². The molecule has 1 heterocycles. The Labute approximate surface area is 148 Å². The fourth-order valence-electron chi connectivity index (χ4n) is 3.35. The minimum atomic E-state index is -0.160. The van der Waals surface area contributed by atoms with Crippen molar-refractivity contribution in [1.29, 1.82) is 0 Å². The molecule has 2 unspecified atom stereocenters. The van der Waals surface area contributed by atoms with Crippen LogP contribution in [0.1, 0.15) is 34.0 Å². The highest BCUT2D eigenvalue weighted by atomic mass is 16.7. The van der Waals surface area contributed by atoms with Crippen molar-refractivity contribution < 1.29 is 19.0 Å². The maximum atomic E-state index is 11.2. The Morgan fingerprint density at radius 1 is 1.20 bits per heavy atom. The standard InChI is InChI=1S/C21H24O4/c1-13-8-18(24-12-19-11-23-16(4)25-19)9-14(2)21(13)20-7-5-6-17(10-22)15(20)3/h5-10,16,19H,11-12H2,1-4H3. The first-order valence-electron chi connectivity index (χ1n) is 8.56. The Morgan fingerprint density at radius 3 is 2.52 bits per heavy atom. The lowest BCUT2D eigenvalue weighted by Crippen LogP contribution is -2.20. The van der Waals surface area contributed by atoms with Gasteiger partial charge >= 0.3 is 0 Å². The van der Waals surface area contributed by atoms with Crippen LogP contribution < -0.4 is 4.74 Å². The van der Waals surface area contributed by atoms with Gasteiger partial charge in [-0.2, -0.15) is 0 Å². The van der Waals surface area contributed by atoms with E-state index in [1.807, 2.05) is 38.1 Å². The molecule has 2 aromatic rings. The van der Waals surface area contributed by atoms with Gasteiger partial charge in [0.2, 0.25) is 0 Å². The van der Waals surface area contributed by atoms with Crippen LogP contribution in [0.3, 0.4) is 0 Å². The lowest BCUT2D eigenvalue weighted by atomic mass is 9.90. The van der Waals surface area contributed by atoms with E-state index in [1.54, 1.807) is 0 Å². The van der Waals surface area contributed by atoms with Gasteiger partial charge in [0, 0.05) is 5.56 Å². The maximum absolute atomic E-state index is 11.2. The Hall–Kier alpha value is -2.17. The van der Waals surface area contributed by atoms with Gasteiger partial charge in [0.05, 0.1) is 6.61 Å². The summed E-state index contributed by atoms with van der Waals surface area (Å²) in [5.41, 5.74) is 6.22. The summed E-state index contributed by atoms with van der Waals surface area (Å²) in [7, 11) is 0. The zero-order valence-corrected chi connectivity index (χ0v) is 15.2. The number of carbonyl (C=O) groups is 1. The molecule has 2 aromatic carbocycles. The highest BCUT2D eigenvalue weighted by Gasteiger charge is 2.23. The number of aldehydes is 1. The van der Waals surface area contributed by atoms with Crippen molar-refractivity contribution in [1.82, 2.24) is 0 Å². The molecule has 0 aliphatic carbocycles. The number of benzene rings is 2. The fourth-order valence-corrected chi connectivity index (χ4v) is 3.35. The van der Waals surface area contributed by atoms with Crippen molar-refractivity contribution in [3.63, 3.8) is 0 Å². The summed E-state index contributed by atoms with van der Waals surface area (Å²) in [6, 6.07) is 9.90. The first kappa shape index (κ1) is 17.6. The van der Waals surface area contributed by atoms with Gasteiger partial charge in [-0.15, -0.1) is 0 Å². The molecule has 4 heteroatoms. The molecule has 4 nitrogen and oxygen atoms in total. The van der Waals surface area contributed by atoms with Gasteiger partial charge in [0.25, 0.3) is 0 Å². The Morgan fingerprint density at radius 2 is 1.92 bits per heavy atom. The van der Waals surface area contributed by atoms with Gasteiger partial charge in [0.15, 0.2) is 6.29 Å². The SMILES string of the molecule is Cc1cc(OCC2COC(C)O2)cc(C)c1-c1cccc(C=O)c1C. The number of aryl methyl sites for hydroxylation is 2. The smallest absolute Gasteiger partial charge is 0.155 e. The molecule has 0 spiro atoms. The molecule has 1 aliphatic heterocycles. The number of carbonyl (C=O) groups excluding carboxylic acids is 1. The van der Waals surface area contributed by atoms with Crippen LogP contribution in [0.15, 0.2) is 30.3 Å². The summed E-state index contributed by atoms with van der Waals surface area (Å²) >= 11 is 0. The van der Waals surface area contributed by atoms with Gasteiger partial charge in [0.1, 0.15) is 24.7 Å². The summed E-state index contributed by atoms with van der Waals surface area (Å²) in [5.74, 6) is 0.825. The molecule has 1 saturated heterocycles. The monoisotopic (exact) mass is 340 g/mol. The van der Waals surface area contributed by atoms with E-state index in [-0.39, 0.29) is 12.4 Å². The second-order valence-electron chi connectivity index (χ2n) is 6.54. The Bertz CT molecular complexity index is 758. The summed E-state index contributed by atoms with van der Waals surface area (Å²) in [6.07, 6.45) is 0.723. The van der Waals surface area contributed by atoms with Gasteiger partial charge in [-0.3, -0.25) is 4.79 Å². The highest BCUT2D eigenvalue weighted by Crippen LogP contribution is 2.34. The van der Waals surface area contributed by atoms with Gasteiger partial charge in [-0.05, 0) is 67.6 Å². The van der Waals surface area contributed by atoms with E-state index in [0.29, 0.717) is 13.2 Å². The van der Waals surface area contributed by atoms with Crippen molar-refractivity contribution in [2.24, 2.45) is 0 Å². The summed E-state index contributed by atoms with van der Waals surface area (Å²) in [6.45, 7) is 9.05. The van der Waals surface area contributed by atoms with E-state index in [1.165, 1.54) is 0 Å². The molecule has 0 amide bonds. The highest BCUT2D eigenvalue weighted by molar-refractivity contribution is 5.84. The van der Waals surface area contributed by atoms with Crippen molar-refractivity contribution in [2.45, 2.75) is 40.1 Å². The first-order valence-corrected chi connectivity index (χ1v) is 8.56. The largest absolute Gasteiger partial charge is 0.491 e. The van der Waals surface area contributed by atoms with E-state index in [4.69, 9.17) is 14.2 Å².